The molecule has 1 aliphatic rings. The number of nitrogens with zero attached hydrogens (tertiary/aromatic N) is 2. The Morgan fingerprint density at radius 1 is 1.35 bits per heavy atom. The molecule has 1 fully saturated rings. The van der Waals surface area contributed by atoms with Gasteiger partial charge in [-0.3, -0.25) is 4.90 Å². The van der Waals surface area contributed by atoms with Crippen molar-refractivity contribution in [2.24, 2.45) is 0 Å². The second kappa shape index (κ2) is 6.03. The standard InChI is InChI=1S/C14H23N3/c1-13-12-15-8-9-17(13)11-10-16(2)14-6-4-3-5-7-14/h3-7,13,15H,8-12H2,1-2H3/t13-/m1/s1. The van der Waals surface area contributed by atoms with Gasteiger partial charge in [0.2, 0.25) is 0 Å². The zero-order valence-corrected chi connectivity index (χ0v) is 10.9. The van der Waals surface area contributed by atoms with Crippen molar-refractivity contribution in [2.75, 3.05) is 44.7 Å². The molecule has 3 nitrogen and oxygen atoms in total. The first-order valence-electron chi connectivity index (χ1n) is 6.48. The fourth-order valence-corrected chi connectivity index (χ4v) is 2.31. The molecular formula is C14H23N3. The maximum absolute atomic E-state index is 3.43. The van der Waals surface area contributed by atoms with Crippen LogP contribution >= 0.6 is 0 Å². The summed E-state index contributed by atoms with van der Waals surface area (Å²) in [6, 6.07) is 11.3. The van der Waals surface area contributed by atoms with Crippen molar-refractivity contribution in [2.45, 2.75) is 13.0 Å². The molecule has 1 N–H and O–H groups in total. The lowest BCUT2D eigenvalue weighted by molar-refractivity contribution is 0.178. The molecule has 17 heavy (non-hydrogen) atoms. The summed E-state index contributed by atoms with van der Waals surface area (Å²) in [7, 11) is 2.17. The number of nitrogens with one attached hydrogen (secondary N) is 1. The Kier molecular flexibility index (Phi) is 4.40. The zero-order valence-electron chi connectivity index (χ0n) is 10.9. The van der Waals surface area contributed by atoms with Gasteiger partial charge in [0, 0.05) is 51.5 Å². The number of rotatable bonds is 4. The fraction of sp³-hybridized carbons (Fsp3) is 0.571. The number of hydrogen-bond donors (Lipinski definition) is 1. The van der Waals surface area contributed by atoms with E-state index in [2.05, 4.69) is 59.4 Å². The Morgan fingerprint density at radius 2 is 2.12 bits per heavy atom. The number of anilines is 1. The minimum absolute atomic E-state index is 0.660. The average Bonchev–Trinajstić information content (AvgIpc) is 2.38. The average molecular weight is 233 g/mol. The van der Waals surface area contributed by atoms with Crippen LogP contribution in [0.4, 0.5) is 5.69 Å². The van der Waals surface area contributed by atoms with Crippen LogP contribution in [0.25, 0.3) is 0 Å². The predicted octanol–water partition coefficient (Wildman–Crippen LogP) is 1.42. The molecule has 1 atom stereocenters. The lowest BCUT2D eigenvalue weighted by atomic mass is 10.2. The normalized spacial score (nSPS) is 21.4. The second-order valence-corrected chi connectivity index (χ2v) is 4.85. The molecule has 94 valence electrons. The maximum atomic E-state index is 3.43. The van der Waals surface area contributed by atoms with E-state index in [1.807, 2.05) is 0 Å². The Bertz CT molecular complexity index is 325. The van der Waals surface area contributed by atoms with Crippen LogP contribution in [0, 0.1) is 0 Å². The molecule has 1 aliphatic heterocycles. The van der Waals surface area contributed by atoms with Crippen LogP contribution in [0.3, 0.4) is 0 Å². The Labute approximate surface area is 104 Å². The van der Waals surface area contributed by atoms with Crippen molar-refractivity contribution in [1.29, 1.82) is 0 Å². The largest absolute Gasteiger partial charge is 0.373 e. The number of hydrogen-bond acceptors (Lipinski definition) is 3. The summed E-state index contributed by atoms with van der Waals surface area (Å²) < 4.78 is 0. The van der Waals surface area contributed by atoms with E-state index in [-0.39, 0.29) is 0 Å². The molecule has 0 aromatic heterocycles. The van der Waals surface area contributed by atoms with Gasteiger partial charge < -0.3 is 10.2 Å². The van der Waals surface area contributed by atoms with Gasteiger partial charge in [-0.1, -0.05) is 18.2 Å². The highest BCUT2D eigenvalue weighted by Gasteiger charge is 2.17. The Hall–Kier alpha value is -1.06. The molecular weight excluding hydrogens is 210 g/mol. The van der Waals surface area contributed by atoms with Crippen LogP contribution in [-0.2, 0) is 0 Å². The molecule has 0 spiro atoms. The molecule has 2 rings (SSSR count). The molecule has 1 aromatic rings. The third-order valence-electron chi connectivity index (χ3n) is 3.56. The van der Waals surface area contributed by atoms with Crippen molar-refractivity contribution >= 4 is 5.69 Å². The minimum Gasteiger partial charge on any atom is -0.373 e. The van der Waals surface area contributed by atoms with E-state index in [4.69, 9.17) is 0 Å². The van der Waals surface area contributed by atoms with E-state index < -0.39 is 0 Å². The topological polar surface area (TPSA) is 18.5 Å². The van der Waals surface area contributed by atoms with Crippen molar-refractivity contribution < 1.29 is 0 Å². The van der Waals surface area contributed by atoms with Crippen LogP contribution in [0.15, 0.2) is 30.3 Å². The van der Waals surface area contributed by atoms with Crippen LogP contribution in [0.5, 0.6) is 0 Å². The fourth-order valence-electron chi connectivity index (χ4n) is 2.31. The van der Waals surface area contributed by atoms with Crippen molar-refractivity contribution in [3.8, 4) is 0 Å². The smallest absolute Gasteiger partial charge is 0.0364 e. The van der Waals surface area contributed by atoms with E-state index >= 15 is 0 Å². The van der Waals surface area contributed by atoms with Gasteiger partial charge in [0.25, 0.3) is 0 Å². The summed E-state index contributed by atoms with van der Waals surface area (Å²) in [5.74, 6) is 0. The third-order valence-corrected chi connectivity index (χ3v) is 3.56. The maximum Gasteiger partial charge on any atom is 0.0364 e. The molecule has 1 saturated heterocycles. The Balaban J connectivity index is 1.81. The number of para-hydroxylation sites is 1. The summed E-state index contributed by atoms with van der Waals surface area (Å²) in [5.41, 5.74) is 1.30. The van der Waals surface area contributed by atoms with Crippen LogP contribution < -0.4 is 10.2 Å². The van der Waals surface area contributed by atoms with Crippen LogP contribution in [-0.4, -0.2) is 50.7 Å². The zero-order chi connectivity index (χ0) is 12.1. The van der Waals surface area contributed by atoms with Gasteiger partial charge in [0.15, 0.2) is 0 Å². The van der Waals surface area contributed by atoms with Gasteiger partial charge in [-0.15, -0.1) is 0 Å². The first-order valence-corrected chi connectivity index (χ1v) is 6.48. The van der Waals surface area contributed by atoms with Gasteiger partial charge >= 0.3 is 0 Å². The first-order chi connectivity index (χ1) is 8.27. The van der Waals surface area contributed by atoms with Crippen LogP contribution in [0.2, 0.25) is 0 Å². The molecule has 0 amide bonds. The summed E-state index contributed by atoms with van der Waals surface area (Å²) in [5, 5.41) is 3.43. The summed E-state index contributed by atoms with van der Waals surface area (Å²) in [4.78, 5) is 4.89. The number of piperazine rings is 1. The summed E-state index contributed by atoms with van der Waals surface area (Å²) in [6.45, 7) is 7.95. The monoisotopic (exact) mass is 233 g/mol. The van der Waals surface area contributed by atoms with Gasteiger partial charge in [0.05, 0.1) is 0 Å². The van der Waals surface area contributed by atoms with Crippen molar-refractivity contribution in [3.05, 3.63) is 30.3 Å². The van der Waals surface area contributed by atoms with E-state index in [0.717, 1.165) is 26.2 Å². The van der Waals surface area contributed by atoms with E-state index in [1.165, 1.54) is 12.2 Å². The highest BCUT2D eigenvalue weighted by atomic mass is 15.2. The van der Waals surface area contributed by atoms with Gasteiger partial charge in [-0.25, -0.2) is 0 Å². The highest BCUT2D eigenvalue weighted by Crippen LogP contribution is 2.11. The molecule has 0 bridgehead atoms. The predicted molar refractivity (Wildman–Crippen MR) is 73.6 cm³/mol. The van der Waals surface area contributed by atoms with E-state index in [9.17, 15) is 0 Å². The first kappa shape index (κ1) is 12.4. The van der Waals surface area contributed by atoms with Crippen molar-refractivity contribution in [1.82, 2.24) is 10.2 Å². The lowest BCUT2D eigenvalue weighted by Crippen LogP contribution is -2.51. The Morgan fingerprint density at radius 3 is 2.82 bits per heavy atom. The van der Waals surface area contributed by atoms with Gasteiger partial charge in [-0.05, 0) is 19.1 Å². The quantitative estimate of drug-likeness (QED) is 0.848. The van der Waals surface area contributed by atoms with E-state index in [0.29, 0.717) is 6.04 Å². The summed E-state index contributed by atoms with van der Waals surface area (Å²) in [6.07, 6.45) is 0. The summed E-state index contributed by atoms with van der Waals surface area (Å²) >= 11 is 0. The van der Waals surface area contributed by atoms with Crippen molar-refractivity contribution in [3.63, 3.8) is 0 Å². The number of likely N-dealkylation sites (N-methyl/N-ethyl adjacent to an activating group) is 1. The second-order valence-electron chi connectivity index (χ2n) is 4.85. The minimum atomic E-state index is 0.660. The number of benzene rings is 1. The third kappa shape index (κ3) is 3.45. The molecule has 0 radical (unpaired) electrons. The molecule has 1 heterocycles. The van der Waals surface area contributed by atoms with E-state index in [1.54, 1.807) is 0 Å². The molecule has 1 aromatic carbocycles. The highest BCUT2D eigenvalue weighted by molar-refractivity contribution is 5.44. The van der Waals surface area contributed by atoms with Gasteiger partial charge in [-0.2, -0.15) is 0 Å². The van der Waals surface area contributed by atoms with Crippen LogP contribution in [0.1, 0.15) is 6.92 Å². The molecule has 0 saturated carbocycles. The lowest BCUT2D eigenvalue weighted by Gasteiger charge is -2.35. The SMILES string of the molecule is C[C@@H]1CNCCN1CCN(C)c1ccccc1. The van der Waals surface area contributed by atoms with Gasteiger partial charge in [0.1, 0.15) is 0 Å². The molecule has 3 heteroatoms. The molecule has 0 aliphatic carbocycles. The molecule has 0 unspecified atom stereocenters.